The van der Waals surface area contributed by atoms with Crippen LogP contribution in [0.5, 0.6) is 0 Å². The van der Waals surface area contributed by atoms with E-state index >= 15 is 0 Å². The molecule has 92 valence electrons. The SMILES string of the molecule is CN(C(=O)N1CCCC1)c1ccccc1CN. The third-order valence-electron chi connectivity index (χ3n) is 3.24. The minimum absolute atomic E-state index is 0.0726. The molecule has 2 N–H and O–H groups in total. The lowest BCUT2D eigenvalue weighted by Gasteiger charge is -2.25. The van der Waals surface area contributed by atoms with Gasteiger partial charge in [-0.15, -0.1) is 0 Å². The lowest BCUT2D eigenvalue weighted by molar-refractivity contribution is 0.217. The van der Waals surface area contributed by atoms with Gasteiger partial charge in [-0.2, -0.15) is 0 Å². The van der Waals surface area contributed by atoms with E-state index in [2.05, 4.69) is 0 Å². The van der Waals surface area contributed by atoms with E-state index in [9.17, 15) is 4.79 Å². The second kappa shape index (κ2) is 5.19. The number of urea groups is 1. The number of hydrogen-bond acceptors (Lipinski definition) is 2. The van der Waals surface area contributed by atoms with Crippen molar-refractivity contribution in [2.24, 2.45) is 5.73 Å². The number of nitrogens with zero attached hydrogens (tertiary/aromatic N) is 2. The van der Waals surface area contributed by atoms with Gasteiger partial charge in [0.15, 0.2) is 0 Å². The van der Waals surface area contributed by atoms with Crippen molar-refractivity contribution >= 4 is 11.7 Å². The van der Waals surface area contributed by atoms with Crippen molar-refractivity contribution < 1.29 is 4.79 Å². The van der Waals surface area contributed by atoms with Crippen molar-refractivity contribution in [3.8, 4) is 0 Å². The molecule has 4 heteroatoms. The smallest absolute Gasteiger partial charge is 0.324 e. The molecule has 1 aliphatic heterocycles. The molecule has 0 bridgehead atoms. The fourth-order valence-electron chi connectivity index (χ4n) is 2.23. The molecular weight excluding hydrogens is 214 g/mol. The largest absolute Gasteiger partial charge is 0.326 e. The molecule has 0 atom stereocenters. The number of carbonyl (C=O) groups excluding carboxylic acids is 1. The quantitative estimate of drug-likeness (QED) is 0.846. The summed E-state index contributed by atoms with van der Waals surface area (Å²) in [6.45, 7) is 2.19. The Hall–Kier alpha value is -1.55. The van der Waals surface area contributed by atoms with Crippen LogP contribution in [0.4, 0.5) is 10.5 Å². The monoisotopic (exact) mass is 233 g/mol. The highest BCUT2D eigenvalue weighted by Gasteiger charge is 2.22. The standard InChI is InChI=1S/C13H19N3O/c1-15(13(17)16-8-4-5-9-16)12-7-3-2-6-11(12)10-14/h2-3,6-7H,4-5,8-10,14H2,1H3. The Morgan fingerprint density at radius 1 is 1.35 bits per heavy atom. The Balaban J connectivity index is 2.17. The normalized spacial score (nSPS) is 15.1. The predicted molar refractivity (Wildman–Crippen MR) is 68.9 cm³/mol. The Kier molecular flexibility index (Phi) is 3.64. The van der Waals surface area contributed by atoms with Crippen molar-refractivity contribution in [2.45, 2.75) is 19.4 Å². The average molecular weight is 233 g/mol. The van der Waals surface area contributed by atoms with E-state index < -0.39 is 0 Å². The van der Waals surface area contributed by atoms with Gasteiger partial charge in [0.05, 0.1) is 0 Å². The van der Waals surface area contributed by atoms with Crippen LogP contribution < -0.4 is 10.6 Å². The van der Waals surface area contributed by atoms with E-state index in [4.69, 9.17) is 5.73 Å². The second-order valence-corrected chi connectivity index (χ2v) is 4.37. The molecule has 4 nitrogen and oxygen atoms in total. The molecule has 0 spiro atoms. The molecule has 17 heavy (non-hydrogen) atoms. The number of anilines is 1. The van der Waals surface area contributed by atoms with Gasteiger partial charge in [-0.3, -0.25) is 4.90 Å². The fourth-order valence-corrected chi connectivity index (χ4v) is 2.23. The van der Waals surface area contributed by atoms with Gasteiger partial charge in [0.25, 0.3) is 0 Å². The van der Waals surface area contributed by atoms with Crippen molar-refractivity contribution in [1.82, 2.24) is 4.90 Å². The van der Waals surface area contributed by atoms with E-state index in [1.807, 2.05) is 36.2 Å². The molecule has 1 aromatic rings. The van der Waals surface area contributed by atoms with E-state index in [-0.39, 0.29) is 6.03 Å². The zero-order chi connectivity index (χ0) is 12.3. The van der Waals surface area contributed by atoms with E-state index in [0.29, 0.717) is 6.54 Å². The van der Waals surface area contributed by atoms with Crippen LogP contribution in [-0.4, -0.2) is 31.1 Å². The van der Waals surface area contributed by atoms with E-state index in [1.165, 1.54) is 0 Å². The molecule has 0 unspecified atom stereocenters. The maximum atomic E-state index is 12.2. The molecule has 1 aliphatic rings. The van der Waals surface area contributed by atoms with Crippen LogP contribution in [0.15, 0.2) is 24.3 Å². The maximum absolute atomic E-state index is 12.2. The van der Waals surface area contributed by atoms with Gasteiger partial charge in [-0.05, 0) is 24.5 Å². The van der Waals surface area contributed by atoms with Crippen LogP contribution in [0.3, 0.4) is 0 Å². The lowest BCUT2D eigenvalue weighted by Crippen LogP contribution is -2.39. The van der Waals surface area contributed by atoms with Crippen molar-refractivity contribution in [3.63, 3.8) is 0 Å². The first-order valence-corrected chi connectivity index (χ1v) is 6.04. The van der Waals surface area contributed by atoms with Crippen LogP contribution in [-0.2, 0) is 6.54 Å². The first kappa shape index (κ1) is 11.9. The lowest BCUT2D eigenvalue weighted by atomic mass is 10.1. The van der Waals surface area contributed by atoms with Gasteiger partial charge in [-0.1, -0.05) is 18.2 Å². The Bertz CT molecular complexity index is 399. The number of nitrogens with two attached hydrogens (primary N) is 1. The molecule has 1 heterocycles. The summed E-state index contributed by atoms with van der Waals surface area (Å²) in [4.78, 5) is 15.8. The molecule has 1 fully saturated rings. The molecule has 0 aromatic heterocycles. The van der Waals surface area contributed by atoms with Gasteiger partial charge in [0.2, 0.25) is 0 Å². The zero-order valence-electron chi connectivity index (χ0n) is 10.2. The molecule has 0 aliphatic carbocycles. The maximum Gasteiger partial charge on any atom is 0.324 e. The third-order valence-corrected chi connectivity index (χ3v) is 3.24. The van der Waals surface area contributed by atoms with Gasteiger partial charge >= 0.3 is 6.03 Å². The number of amides is 2. The number of benzene rings is 1. The molecule has 1 saturated heterocycles. The van der Waals surface area contributed by atoms with Gasteiger partial charge in [0.1, 0.15) is 0 Å². The third kappa shape index (κ3) is 2.42. The van der Waals surface area contributed by atoms with E-state index in [1.54, 1.807) is 4.90 Å². The average Bonchev–Trinajstić information content (AvgIpc) is 2.90. The molecular formula is C13H19N3O. The summed E-state index contributed by atoms with van der Waals surface area (Å²) >= 11 is 0. The summed E-state index contributed by atoms with van der Waals surface area (Å²) in [7, 11) is 1.81. The first-order valence-electron chi connectivity index (χ1n) is 6.04. The highest BCUT2D eigenvalue weighted by Crippen LogP contribution is 2.21. The summed E-state index contributed by atoms with van der Waals surface area (Å²) < 4.78 is 0. The number of likely N-dealkylation sites (tertiary alicyclic amines) is 1. The van der Waals surface area contributed by atoms with Gasteiger partial charge in [-0.25, -0.2) is 4.79 Å². The topological polar surface area (TPSA) is 49.6 Å². The minimum Gasteiger partial charge on any atom is -0.326 e. The fraction of sp³-hybridized carbons (Fsp3) is 0.462. The summed E-state index contributed by atoms with van der Waals surface area (Å²) in [5.74, 6) is 0. The minimum atomic E-state index is 0.0726. The Morgan fingerprint density at radius 2 is 2.00 bits per heavy atom. The molecule has 0 radical (unpaired) electrons. The van der Waals surface area contributed by atoms with Gasteiger partial charge in [0, 0.05) is 32.4 Å². The van der Waals surface area contributed by atoms with Crippen molar-refractivity contribution in [1.29, 1.82) is 0 Å². The Labute approximate surface area is 102 Å². The number of para-hydroxylation sites is 1. The number of hydrogen-bond donors (Lipinski definition) is 1. The highest BCUT2D eigenvalue weighted by molar-refractivity contribution is 5.92. The first-order chi connectivity index (χ1) is 8.24. The van der Waals surface area contributed by atoms with Crippen LogP contribution in [0, 0.1) is 0 Å². The highest BCUT2D eigenvalue weighted by atomic mass is 16.2. The van der Waals surface area contributed by atoms with Crippen molar-refractivity contribution in [2.75, 3.05) is 25.0 Å². The molecule has 2 rings (SSSR count). The number of rotatable bonds is 2. The van der Waals surface area contributed by atoms with Crippen LogP contribution in [0.1, 0.15) is 18.4 Å². The van der Waals surface area contributed by atoms with Gasteiger partial charge < -0.3 is 10.6 Å². The zero-order valence-corrected chi connectivity index (χ0v) is 10.2. The van der Waals surface area contributed by atoms with E-state index in [0.717, 1.165) is 37.2 Å². The van der Waals surface area contributed by atoms with Crippen LogP contribution in [0.25, 0.3) is 0 Å². The molecule has 0 saturated carbocycles. The summed E-state index contributed by atoms with van der Waals surface area (Å²) in [5.41, 5.74) is 7.60. The predicted octanol–water partition coefficient (Wildman–Crippen LogP) is 1.80. The summed E-state index contributed by atoms with van der Waals surface area (Å²) in [6, 6.07) is 7.85. The Morgan fingerprint density at radius 3 is 2.65 bits per heavy atom. The summed E-state index contributed by atoms with van der Waals surface area (Å²) in [6.07, 6.45) is 2.22. The molecule has 1 aromatic carbocycles. The molecule has 2 amide bonds. The second-order valence-electron chi connectivity index (χ2n) is 4.37. The van der Waals surface area contributed by atoms with Crippen molar-refractivity contribution in [3.05, 3.63) is 29.8 Å². The van der Waals surface area contributed by atoms with Crippen LogP contribution in [0.2, 0.25) is 0 Å². The summed E-state index contributed by atoms with van der Waals surface area (Å²) in [5, 5.41) is 0. The number of carbonyl (C=O) groups is 1. The van der Waals surface area contributed by atoms with Crippen LogP contribution >= 0.6 is 0 Å².